The van der Waals surface area contributed by atoms with Gasteiger partial charge < -0.3 is 10.3 Å². The number of nitrogens with zero attached hydrogens (tertiary/aromatic N) is 2. The second-order valence-corrected chi connectivity index (χ2v) is 6.24. The van der Waals surface area contributed by atoms with Crippen molar-refractivity contribution in [2.24, 2.45) is 11.7 Å². The van der Waals surface area contributed by atoms with Crippen molar-refractivity contribution in [3.63, 3.8) is 0 Å². The lowest BCUT2D eigenvalue weighted by Gasteiger charge is -2.06. The Labute approximate surface area is 130 Å². The summed E-state index contributed by atoms with van der Waals surface area (Å²) in [5.41, 5.74) is 8.04. The molecule has 1 aromatic heterocycles. The summed E-state index contributed by atoms with van der Waals surface area (Å²) in [7, 11) is 0. The summed E-state index contributed by atoms with van der Waals surface area (Å²) in [4.78, 5) is 4.65. The molecule has 2 atom stereocenters. The van der Waals surface area contributed by atoms with Crippen LogP contribution in [-0.2, 0) is 0 Å². The minimum atomic E-state index is 0.641. The van der Waals surface area contributed by atoms with E-state index in [1.54, 1.807) is 0 Å². The summed E-state index contributed by atoms with van der Waals surface area (Å²) in [5, 5.41) is 2.53. The molecule has 0 radical (unpaired) electrons. The van der Waals surface area contributed by atoms with E-state index in [1.807, 2.05) is 6.33 Å². The van der Waals surface area contributed by atoms with Gasteiger partial charge in [-0.1, -0.05) is 36.4 Å². The highest BCUT2D eigenvalue weighted by Crippen LogP contribution is 2.49. The van der Waals surface area contributed by atoms with Gasteiger partial charge in [-0.2, -0.15) is 0 Å². The van der Waals surface area contributed by atoms with Gasteiger partial charge in [-0.3, -0.25) is 0 Å². The number of hydrogen-bond donors (Lipinski definition) is 1. The lowest BCUT2D eigenvalue weighted by molar-refractivity contribution is 0.655. The average Bonchev–Trinajstić information content (AvgIpc) is 3.18. The van der Waals surface area contributed by atoms with Crippen molar-refractivity contribution in [1.82, 2.24) is 9.55 Å². The van der Waals surface area contributed by atoms with Crippen LogP contribution in [0.2, 0.25) is 0 Å². The van der Waals surface area contributed by atoms with Gasteiger partial charge in [0.2, 0.25) is 0 Å². The summed E-state index contributed by atoms with van der Waals surface area (Å²) in [6.07, 6.45) is 7.80. The van der Waals surface area contributed by atoms with Crippen molar-refractivity contribution >= 4 is 10.8 Å². The van der Waals surface area contributed by atoms with Crippen molar-refractivity contribution in [1.29, 1.82) is 0 Å². The minimum absolute atomic E-state index is 0.641. The lowest BCUT2D eigenvalue weighted by atomic mass is 10.1. The first kappa shape index (κ1) is 13.5. The van der Waals surface area contributed by atoms with Gasteiger partial charge in [0.15, 0.2) is 0 Å². The maximum absolute atomic E-state index is 5.60. The van der Waals surface area contributed by atoms with Crippen LogP contribution in [0.1, 0.15) is 30.9 Å². The summed E-state index contributed by atoms with van der Waals surface area (Å²) < 4.78 is 2.16. The Bertz CT molecular complexity index is 785. The summed E-state index contributed by atoms with van der Waals surface area (Å²) in [6, 6.07) is 14.9. The van der Waals surface area contributed by atoms with E-state index in [9.17, 15) is 0 Å². The number of benzene rings is 2. The molecule has 3 nitrogen and oxygen atoms in total. The average molecular weight is 291 g/mol. The van der Waals surface area contributed by atoms with Gasteiger partial charge in [0.25, 0.3) is 0 Å². The number of aromatic nitrogens is 2. The first-order chi connectivity index (χ1) is 10.9. The number of imidazole rings is 1. The van der Waals surface area contributed by atoms with E-state index in [1.165, 1.54) is 35.0 Å². The van der Waals surface area contributed by atoms with E-state index in [0.29, 0.717) is 5.92 Å². The first-order valence-corrected chi connectivity index (χ1v) is 8.09. The Hall–Kier alpha value is -2.13. The molecule has 0 saturated heterocycles. The van der Waals surface area contributed by atoms with Crippen molar-refractivity contribution in [2.45, 2.75) is 25.2 Å². The van der Waals surface area contributed by atoms with Gasteiger partial charge in [0, 0.05) is 17.5 Å². The van der Waals surface area contributed by atoms with E-state index >= 15 is 0 Å². The second kappa shape index (κ2) is 5.58. The molecule has 1 aliphatic rings. The lowest BCUT2D eigenvalue weighted by Crippen LogP contribution is -1.98. The Morgan fingerprint density at radius 3 is 2.91 bits per heavy atom. The molecule has 0 amide bonds. The van der Waals surface area contributed by atoms with Gasteiger partial charge in [0.05, 0.1) is 17.7 Å². The van der Waals surface area contributed by atoms with Crippen molar-refractivity contribution in [3.8, 4) is 5.69 Å². The van der Waals surface area contributed by atoms with Gasteiger partial charge in [0.1, 0.15) is 0 Å². The van der Waals surface area contributed by atoms with Crippen molar-refractivity contribution < 1.29 is 0 Å². The molecule has 112 valence electrons. The molecule has 0 spiro atoms. The Kier molecular flexibility index (Phi) is 3.43. The zero-order valence-corrected chi connectivity index (χ0v) is 12.7. The SMILES string of the molecule is NCCCC1CC1c1cn(-c2cccc3ccccc23)cn1. The third-order valence-corrected chi connectivity index (χ3v) is 4.73. The van der Waals surface area contributed by atoms with Crippen LogP contribution in [0.3, 0.4) is 0 Å². The fourth-order valence-corrected chi connectivity index (χ4v) is 3.40. The molecule has 3 aromatic rings. The molecule has 3 heteroatoms. The molecular formula is C19H21N3. The first-order valence-electron chi connectivity index (χ1n) is 8.09. The summed E-state index contributed by atoms with van der Waals surface area (Å²) in [5.74, 6) is 1.43. The zero-order chi connectivity index (χ0) is 14.9. The molecule has 2 N–H and O–H groups in total. The molecule has 22 heavy (non-hydrogen) atoms. The third-order valence-electron chi connectivity index (χ3n) is 4.73. The third kappa shape index (κ3) is 2.42. The molecular weight excluding hydrogens is 270 g/mol. The van der Waals surface area contributed by atoms with Crippen LogP contribution in [0.25, 0.3) is 16.5 Å². The number of fused-ring (bicyclic) bond motifs is 1. The number of hydrogen-bond acceptors (Lipinski definition) is 2. The van der Waals surface area contributed by atoms with Crippen LogP contribution in [0.5, 0.6) is 0 Å². The van der Waals surface area contributed by atoms with Crippen LogP contribution in [0, 0.1) is 5.92 Å². The van der Waals surface area contributed by atoms with Gasteiger partial charge >= 0.3 is 0 Å². The van der Waals surface area contributed by atoms with E-state index in [2.05, 4.69) is 58.2 Å². The van der Waals surface area contributed by atoms with E-state index < -0.39 is 0 Å². The van der Waals surface area contributed by atoms with Gasteiger partial charge in [-0.15, -0.1) is 0 Å². The molecule has 1 aliphatic carbocycles. The van der Waals surface area contributed by atoms with E-state index in [4.69, 9.17) is 5.73 Å². The fraction of sp³-hybridized carbons (Fsp3) is 0.316. The normalized spacial score (nSPS) is 20.4. The molecule has 0 aliphatic heterocycles. The Morgan fingerprint density at radius 1 is 1.14 bits per heavy atom. The Balaban J connectivity index is 1.61. The van der Waals surface area contributed by atoms with Gasteiger partial charge in [-0.25, -0.2) is 4.98 Å². The van der Waals surface area contributed by atoms with E-state index in [0.717, 1.165) is 18.9 Å². The largest absolute Gasteiger partial charge is 0.330 e. The van der Waals surface area contributed by atoms with Crippen LogP contribution in [0.4, 0.5) is 0 Å². The molecule has 1 heterocycles. The fourth-order valence-electron chi connectivity index (χ4n) is 3.40. The molecule has 0 bridgehead atoms. The number of rotatable bonds is 5. The second-order valence-electron chi connectivity index (χ2n) is 6.24. The van der Waals surface area contributed by atoms with E-state index in [-0.39, 0.29) is 0 Å². The highest BCUT2D eigenvalue weighted by Gasteiger charge is 2.39. The van der Waals surface area contributed by atoms with Crippen LogP contribution in [-0.4, -0.2) is 16.1 Å². The summed E-state index contributed by atoms with van der Waals surface area (Å²) in [6.45, 7) is 0.799. The maximum Gasteiger partial charge on any atom is 0.0995 e. The van der Waals surface area contributed by atoms with Gasteiger partial charge in [-0.05, 0) is 43.2 Å². The number of nitrogens with two attached hydrogens (primary N) is 1. The molecule has 1 fully saturated rings. The highest BCUT2D eigenvalue weighted by atomic mass is 15.0. The quantitative estimate of drug-likeness (QED) is 0.775. The van der Waals surface area contributed by atoms with Crippen LogP contribution < -0.4 is 5.73 Å². The molecule has 4 rings (SSSR count). The van der Waals surface area contributed by atoms with Crippen LogP contribution in [0.15, 0.2) is 55.0 Å². The summed E-state index contributed by atoms with van der Waals surface area (Å²) >= 11 is 0. The minimum Gasteiger partial charge on any atom is -0.330 e. The molecule has 2 aromatic carbocycles. The zero-order valence-electron chi connectivity index (χ0n) is 12.7. The van der Waals surface area contributed by atoms with Crippen molar-refractivity contribution in [2.75, 3.05) is 6.54 Å². The topological polar surface area (TPSA) is 43.8 Å². The smallest absolute Gasteiger partial charge is 0.0995 e. The Morgan fingerprint density at radius 2 is 2.00 bits per heavy atom. The van der Waals surface area contributed by atoms with Crippen molar-refractivity contribution in [3.05, 3.63) is 60.7 Å². The maximum atomic E-state index is 5.60. The van der Waals surface area contributed by atoms with Crippen LogP contribution >= 0.6 is 0 Å². The molecule has 1 saturated carbocycles. The standard InChI is InChI=1S/C19H21N3/c20-10-4-7-15-11-17(15)18-12-22(13-21-18)19-9-3-6-14-5-1-2-8-16(14)19/h1-3,5-6,8-9,12-13,15,17H,4,7,10-11,20H2. The predicted octanol–water partition coefficient (Wildman–Crippen LogP) is 3.87. The highest BCUT2D eigenvalue weighted by molar-refractivity contribution is 5.90. The molecule has 2 unspecified atom stereocenters. The monoisotopic (exact) mass is 291 g/mol. The predicted molar refractivity (Wildman–Crippen MR) is 90.2 cm³/mol.